The van der Waals surface area contributed by atoms with E-state index in [-0.39, 0.29) is 13.0 Å². The van der Waals surface area contributed by atoms with Crippen molar-refractivity contribution < 1.29 is 23.5 Å². The first-order valence-electron chi connectivity index (χ1n) is 5.87. The fourth-order valence-electron chi connectivity index (χ4n) is 1.21. The Kier molecular flexibility index (Phi) is 6.14. The lowest BCUT2D eigenvalue weighted by Gasteiger charge is -2.06. The molecule has 7 nitrogen and oxygen atoms in total. The molecule has 0 aliphatic rings. The van der Waals surface area contributed by atoms with Crippen LogP contribution in [0.5, 0.6) is 0 Å². The third-order valence-electron chi connectivity index (χ3n) is 2.07. The highest BCUT2D eigenvalue weighted by atomic mass is 16.5. The van der Waals surface area contributed by atoms with Crippen LogP contribution in [0.2, 0.25) is 0 Å². The smallest absolute Gasteiger partial charge is 0.321 e. The Morgan fingerprint density at radius 2 is 2.16 bits per heavy atom. The molecular formula is C12H16N2O5. The van der Waals surface area contributed by atoms with Gasteiger partial charge < -0.3 is 14.5 Å². The largest absolute Gasteiger partial charge is 0.467 e. The molecule has 0 spiro atoms. The first kappa shape index (κ1) is 14.7. The molecule has 104 valence electrons. The number of carbonyl (C=O) groups excluding carboxylic acids is 3. The Balaban J connectivity index is 2.17. The zero-order valence-corrected chi connectivity index (χ0v) is 10.6. The minimum absolute atomic E-state index is 0.168. The van der Waals surface area contributed by atoms with Crippen molar-refractivity contribution in [3.05, 3.63) is 24.2 Å². The Morgan fingerprint density at radius 1 is 1.37 bits per heavy atom. The fraction of sp³-hybridized carbons (Fsp3) is 0.417. The Hall–Kier alpha value is -2.31. The summed E-state index contributed by atoms with van der Waals surface area (Å²) in [5.74, 6) is -0.577. The van der Waals surface area contributed by atoms with Crippen molar-refractivity contribution in [2.75, 3.05) is 6.61 Å². The monoisotopic (exact) mass is 268 g/mol. The van der Waals surface area contributed by atoms with E-state index in [1.807, 2.05) is 12.2 Å². The van der Waals surface area contributed by atoms with E-state index in [9.17, 15) is 14.4 Å². The maximum absolute atomic E-state index is 11.3. The molecule has 0 aromatic carbocycles. The average molecular weight is 268 g/mol. The zero-order chi connectivity index (χ0) is 14.1. The Bertz CT molecular complexity index is 427. The van der Waals surface area contributed by atoms with Gasteiger partial charge in [-0.3, -0.25) is 14.9 Å². The van der Waals surface area contributed by atoms with Crippen molar-refractivity contribution in [3.8, 4) is 0 Å². The fourth-order valence-corrected chi connectivity index (χ4v) is 1.21. The topological polar surface area (TPSA) is 97.6 Å². The lowest BCUT2D eigenvalue weighted by atomic mass is 10.3. The number of carbonyl (C=O) groups is 3. The van der Waals surface area contributed by atoms with Gasteiger partial charge in [-0.15, -0.1) is 0 Å². The predicted molar refractivity (Wildman–Crippen MR) is 65.0 cm³/mol. The van der Waals surface area contributed by atoms with Gasteiger partial charge in [-0.1, -0.05) is 6.92 Å². The van der Waals surface area contributed by atoms with Gasteiger partial charge in [0.15, 0.2) is 6.61 Å². The molecule has 0 aliphatic carbocycles. The molecule has 1 rings (SSSR count). The second-order valence-electron chi connectivity index (χ2n) is 3.72. The van der Waals surface area contributed by atoms with Gasteiger partial charge in [0.25, 0.3) is 5.91 Å². The van der Waals surface area contributed by atoms with E-state index in [0.29, 0.717) is 12.2 Å². The molecule has 19 heavy (non-hydrogen) atoms. The van der Waals surface area contributed by atoms with E-state index in [0.717, 1.165) is 0 Å². The predicted octanol–water partition coefficient (Wildman–Crippen LogP) is 0.949. The van der Waals surface area contributed by atoms with Gasteiger partial charge in [0.05, 0.1) is 12.8 Å². The van der Waals surface area contributed by atoms with E-state index in [4.69, 9.17) is 4.42 Å². The third kappa shape index (κ3) is 6.25. The van der Waals surface area contributed by atoms with E-state index in [1.54, 1.807) is 12.1 Å². The second kappa shape index (κ2) is 7.91. The lowest BCUT2D eigenvalue weighted by Crippen LogP contribution is -2.41. The van der Waals surface area contributed by atoms with E-state index in [2.05, 4.69) is 10.1 Å². The van der Waals surface area contributed by atoms with Crippen molar-refractivity contribution >= 4 is 17.9 Å². The lowest BCUT2D eigenvalue weighted by molar-refractivity contribution is -0.148. The molecule has 1 aromatic heterocycles. The number of hydrogen-bond acceptors (Lipinski definition) is 5. The number of furan rings is 1. The maximum Gasteiger partial charge on any atom is 0.321 e. The molecule has 0 saturated heterocycles. The van der Waals surface area contributed by atoms with Crippen molar-refractivity contribution in [2.45, 2.75) is 26.3 Å². The van der Waals surface area contributed by atoms with Crippen LogP contribution < -0.4 is 10.6 Å². The van der Waals surface area contributed by atoms with Crippen molar-refractivity contribution in [1.29, 1.82) is 0 Å². The first-order chi connectivity index (χ1) is 9.11. The number of ether oxygens (including phenoxy) is 1. The zero-order valence-electron chi connectivity index (χ0n) is 10.6. The van der Waals surface area contributed by atoms with Gasteiger partial charge >= 0.3 is 12.0 Å². The maximum atomic E-state index is 11.3. The summed E-state index contributed by atoms with van der Waals surface area (Å²) < 4.78 is 9.64. The normalized spacial score (nSPS) is 9.74. The number of hydrogen-bond donors (Lipinski definition) is 2. The van der Waals surface area contributed by atoms with Gasteiger partial charge in [0.1, 0.15) is 5.76 Å². The number of urea groups is 1. The average Bonchev–Trinajstić information content (AvgIpc) is 2.87. The summed E-state index contributed by atoms with van der Waals surface area (Å²) in [6.07, 6.45) is 2.37. The molecule has 0 atom stereocenters. The van der Waals surface area contributed by atoms with E-state index in [1.165, 1.54) is 6.26 Å². The van der Waals surface area contributed by atoms with Crippen molar-refractivity contribution in [1.82, 2.24) is 10.6 Å². The molecule has 3 amide bonds. The molecule has 2 N–H and O–H groups in total. The standard InChI is InChI=1S/C12H16N2O5/c1-2-4-11(16)19-8-10(15)14-12(17)13-7-9-5-3-6-18-9/h3,5-6H,2,4,7-8H2,1H3,(H2,13,14,15,17). The van der Waals surface area contributed by atoms with Crippen LogP contribution in [0.1, 0.15) is 25.5 Å². The molecule has 0 bridgehead atoms. The summed E-state index contributed by atoms with van der Waals surface area (Å²) in [5.41, 5.74) is 0. The molecule has 0 saturated carbocycles. The summed E-state index contributed by atoms with van der Waals surface area (Å²) >= 11 is 0. The number of esters is 1. The number of imide groups is 1. The Labute approximate surface area is 110 Å². The van der Waals surface area contributed by atoms with Crippen LogP contribution in [-0.4, -0.2) is 24.5 Å². The molecule has 0 unspecified atom stereocenters. The van der Waals surface area contributed by atoms with Crippen LogP contribution in [0.4, 0.5) is 4.79 Å². The highest BCUT2D eigenvalue weighted by Gasteiger charge is 2.10. The summed E-state index contributed by atoms with van der Waals surface area (Å²) in [6.45, 7) is 1.53. The molecule has 0 aliphatic heterocycles. The van der Waals surface area contributed by atoms with Crippen molar-refractivity contribution in [2.24, 2.45) is 0 Å². The van der Waals surface area contributed by atoms with Crippen LogP contribution >= 0.6 is 0 Å². The summed E-state index contributed by atoms with van der Waals surface area (Å²) in [4.78, 5) is 33.5. The molecule has 0 radical (unpaired) electrons. The van der Waals surface area contributed by atoms with E-state index < -0.39 is 24.5 Å². The van der Waals surface area contributed by atoms with Gasteiger partial charge in [-0.05, 0) is 18.6 Å². The third-order valence-corrected chi connectivity index (χ3v) is 2.07. The van der Waals surface area contributed by atoms with Crippen LogP contribution in [0.25, 0.3) is 0 Å². The summed E-state index contributed by atoms with van der Waals surface area (Å²) in [5, 5.41) is 4.46. The molecule has 7 heteroatoms. The second-order valence-corrected chi connectivity index (χ2v) is 3.72. The van der Waals surface area contributed by atoms with Crippen LogP contribution in [0, 0.1) is 0 Å². The minimum atomic E-state index is -0.679. The molecular weight excluding hydrogens is 252 g/mol. The van der Waals surface area contributed by atoms with Crippen LogP contribution in [0.3, 0.4) is 0 Å². The Morgan fingerprint density at radius 3 is 2.79 bits per heavy atom. The molecule has 1 aromatic rings. The van der Waals surface area contributed by atoms with Crippen molar-refractivity contribution in [3.63, 3.8) is 0 Å². The number of rotatable bonds is 6. The van der Waals surface area contributed by atoms with Gasteiger partial charge in [-0.2, -0.15) is 0 Å². The van der Waals surface area contributed by atoms with E-state index >= 15 is 0 Å². The quantitative estimate of drug-likeness (QED) is 0.748. The number of nitrogens with one attached hydrogen (secondary N) is 2. The highest BCUT2D eigenvalue weighted by molar-refractivity contribution is 5.95. The SMILES string of the molecule is CCCC(=O)OCC(=O)NC(=O)NCc1ccco1. The first-order valence-corrected chi connectivity index (χ1v) is 5.87. The van der Waals surface area contributed by atoms with Crippen LogP contribution in [-0.2, 0) is 20.9 Å². The molecule has 0 fully saturated rings. The highest BCUT2D eigenvalue weighted by Crippen LogP contribution is 1.98. The van der Waals surface area contributed by atoms with Gasteiger partial charge in [0.2, 0.25) is 0 Å². The minimum Gasteiger partial charge on any atom is -0.467 e. The van der Waals surface area contributed by atoms with Gasteiger partial charge in [0, 0.05) is 6.42 Å². The summed E-state index contributed by atoms with van der Waals surface area (Å²) in [6, 6.07) is 2.70. The summed E-state index contributed by atoms with van der Waals surface area (Å²) in [7, 11) is 0. The molecule has 1 heterocycles. The number of amides is 3. The van der Waals surface area contributed by atoms with Crippen LogP contribution in [0.15, 0.2) is 22.8 Å². The van der Waals surface area contributed by atoms with Gasteiger partial charge in [-0.25, -0.2) is 4.79 Å².